The van der Waals surface area contributed by atoms with Crippen LogP contribution in [0.15, 0.2) is 78.4 Å². The highest BCUT2D eigenvalue weighted by Crippen LogP contribution is 2.29. The number of anilines is 1. The van der Waals surface area contributed by atoms with Crippen molar-refractivity contribution in [3.05, 3.63) is 89.5 Å². The molecule has 0 aromatic heterocycles. The molecule has 2 N–H and O–H groups in total. The number of nitrogens with zero attached hydrogens (tertiary/aromatic N) is 1. The van der Waals surface area contributed by atoms with Crippen molar-refractivity contribution < 1.29 is 9.59 Å². The lowest BCUT2D eigenvalue weighted by Crippen LogP contribution is -2.35. The molecule has 1 aliphatic heterocycles. The van der Waals surface area contributed by atoms with E-state index in [4.69, 9.17) is 0 Å². The standard InChI is InChI=1S/C27H29N3O2/c1-19(25-12-6-9-22-8-3-4-11-26(22)25)30-15-13-23(14-16-30)27(32)28-18-21-7-5-10-24(17-21)29-20(2)31/h3-13,17,19H,14-16,18H2,1-2H3,(H,28,32)(H,29,31)/t19-/m1/s1. The molecule has 2 amide bonds. The van der Waals surface area contributed by atoms with Gasteiger partial charge in [-0.15, -0.1) is 0 Å². The highest BCUT2D eigenvalue weighted by atomic mass is 16.2. The fraction of sp³-hybridized carbons (Fsp3) is 0.259. The topological polar surface area (TPSA) is 61.4 Å². The number of benzene rings is 3. The molecule has 0 spiro atoms. The maximum absolute atomic E-state index is 12.7. The van der Waals surface area contributed by atoms with Gasteiger partial charge in [-0.2, -0.15) is 0 Å². The fourth-order valence-electron chi connectivity index (χ4n) is 4.31. The quantitative estimate of drug-likeness (QED) is 0.594. The number of hydrogen-bond donors (Lipinski definition) is 2. The van der Waals surface area contributed by atoms with Gasteiger partial charge in [0.05, 0.1) is 0 Å². The second-order valence-corrected chi connectivity index (χ2v) is 8.28. The number of fused-ring (bicyclic) bond motifs is 1. The first-order valence-corrected chi connectivity index (χ1v) is 11.1. The lowest BCUT2D eigenvalue weighted by Gasteiger charge is -2.32. The summed E-state index contributed by atoms with van der Waals surface area (Å²) in [6, 6.07) is 22.8. The minimum absolute atomic E-state index is 0.0209. The zero-order valence-electron chi connectivity index (χ0n) is 18.6. The van der Waals surface area contributed by atoms with Crippen LogP contribution in [0.25, 0.3) is 10.8 Å². The molecule has 0 bridgehead atoms. The van der Waals surface area contributed by atoms with Crippen LogP contribution in [0.2, 0.25) is 0 Å². The summed E-state index contributed by atoms with van der Waals surface area (Å²) in [4.78, 5) is 26.3. The molecule has 1 heterocycles. The molecule has 0 radical (unpaired) electrons. The van der Waals surface area contributed by atoms with Crippen LogP contribution >= 0.6 is 0 Å². The van der Waals surface area contributed by atoms with Crippen LogP contribution in [-0.2, 0) is 16.1 Å². The summed E-state index contributed by atoms with van der Waals surface area (Å²) in [5.74, 6) is -0.131. The van der Waals surface area contributed by atoms with E-state index < -0.39 is 0 Å². The summed E-state index contributed by atoms with van der Waals surface area (Å²) in [6.45, 7) is 5.75. The molecule has 1 atom stereocenters. The fourth-order valence-corrected chi connectivity index (χ4v) is 4.31. The van der Waals surface area contributed by atoms with Gasteiger partial charge < -0.3 is 10.6 Å². The molecule has 3 aromatic rings. The Morgan fingerprint density at radius 2 is 1.81 bits per heavy atom. The minimum atomic E-state index is -0.110. The highest BCUT2D eigenvalue weighted by Gasteiger charge is 2.22. The molecule has 4 rings (SSSR count). The summed E-state index contributed by atoms with van der Waals surface area (Å²) >= 11 is 0. The number of nitrogens with one attached hydrogen (secondary N) is 2. The van der Waals surface area contributed by atoms with Gasteiger partial charge in [-0.05, 0) is 47.4 Å². The van der Waals surface area contributed by atoms with E-state index in [0.29, 0.717) is 6.54 Å². The molecule has 3 aromatic carbocycles. The summed E-state index contributed by atoms with van der Waals surface area (Å²) in [6.07, 6.45) is 2.78. The van der Waals surface area contributed by atoms with Crippen molar-refractivity contribution in [2.75, 3.05) is 18.4 Å². The van der Waals surface area contributed by atoms with E-state index in [2.05, 4.69) is 64.9 Å². The number of carbonyl (C=O) groups is 2. The maximum Gasteiger partial charge on any atom is 0.247 e. The van der Waals surface area contributed by atoms with E-state index in [1.54, 1.807) is 0 Å². The van der Waals surface area contributed by atoms with Crippen molar-refractivity contribution in [1.29, 1.82) is 0 Å². The van der Waals surface area contributed by atoms with E-state index in [9.17, 15) is 9.59 Å². The lowest BCUT2D eigenvalue weighted by molar-refractivity contribution is -0.118. The molecule has 5 heteroatoms. The maximum atomic E-state index is 12.7. The predicted molar refractivity (Wildman–Crippen MR) is 129 cm³/mol. The summed E-state index contributed by atoms with van der Waals surface area (Å²) < 4.78 is 0. The Labute approximate surface area is 189 Å². The van der Waals surface area contributed by atoms with Crippen LogP contribution in [0.5, 0.6) is 0 Å². The highest BCUT2D eigenvalue weighted by molar-refractivity contribution is 5.93. The number of rotatable bonds is 6. The van der Waals surface area contributed by atoms with Crippen LogP contribution < -0.4 is 10.6 Å². The molecule has 32 heavy (non-hydrogen) atoms. The Kier molecular flexibility index (Phi) is 6.66. The molecule has 0 saturated heterocycles. The van der Waals surface area contributed by atoms with Gasteiger partial charge in [-0.25, -0.2) is 0 Å². The van der Waals surface area contributed by atoms with Gasteiger partial charge in [-0.3, -0.25) is 14.5 Å². The van der Waals surface area contributed by atoms with E-state index >= 15 is 0 Å². The zero-order chi connectivity index (χ0) is 22.5. The molecule has 1 aliphatic rings. The van der Waals surface area contributed by atoms with Crippen LogP contribution in [0, 0.1) is 0 Å². The number of carbonyl (C=O) groups excluding carboxylic acids is 2. The molecule has 0 aliphatic carbocycles. The normalized spacial score (nSPS) is 15.1. The predicted octanol–water partition coefficient (Wildman–Crippen LogP) is 4.81. The van der Waals surface area contributed by atoms with Crippen molar-refractivity contribution in [2.24, 2.45) is 0 Å². The van der Waals surface area contributed by atoms with Crippen LogP contribution in [0.1, 0.15) is 37.4 Å². The van der Waals surface area contributed by atoms with Gasteiger partial charge >= 0.3 is 0 Å². The van der Waals surface area contributed by atoms with Gasteiger partial charge in [0.15, 0.2) is 0 Å². The molecule has 0 unspecified atom stereocenters. The molecular formula is C27H29N3O2. The van der Waals surface area contributed by atoms with Crippen molar-refractivity contribution in [1.82, 2.24) is 10.2 Å². The van der Waals surface area contributed by atoms with Gasteiger partial charge in [0.2, 0.25) is 11.8 Å². The monoisotopic (exact) mass is 427 g/mol. The second kappa shape index (κ2) is 9.79. The third-order valence-electron chi connectivity index (χ3n) is 6.05. The third-order valence-corrected chi connectivity index (χ3v) is 6.05. The smallest absolute Gasteiger partial charge is 0.247 e. The Balaban J connectivity index is 1.37. The summed E-state index contributed by atoms with van der Waals surface area (Å²) in [5.41, 5.74) is 3.85. The van der Waals surface area contributed by atoms with E-state index in [-0.39, 0.29) is 17.9 Å². The van der Waals surface area contributed by atoms with Crippen molar-refractivity contribution in [3.63, 3.8) is 0 Å². The summed E-state index contributed by atoms with van der Waals surface area (Å²) in [5, 5.41) is 8.32. The lowest BCUT2D eigenvalue weighted by atomic mass is 9.97. The largest absolute Gasteiger partial charge is 0.348 e. The van der Waals surface area contributed by atoms with E-state index in [1.165, 1.54) is 23.3 Å². The average molecular weight is 428 g/mol. The van der Waals surface area contributed by atoms with Crippen LogP contribution in [0.4, 0.5) is 5.69 Å². The van der Waals surface area contributed by atoms with Crippen molar-refractivity contribution >= 4 is 28.3 Å². The Morgan fingerprint density at radius 3 is 2.59 bits per heavy atom. The van der Waals surface area contributed by atoms with Gasteiger partial charge in [0, 0.05) is 43.9 Å². The average Bonchev–Trinajstić information content (AvgIpc) is 2.81. The first-order chi connectivity index (χ1) is 15.5. The Hall–Kier alpha value is -3.44. The van der Waals surface area contributed by atoms with Gasteiger partial charge in [-0.1, -0.05) is 60.7 Å². The number of amides is 2. The third kappa shape index (κ3) is 5.06. The number of hydrogen-bond acceptors (Lipinski definition) is 3. The molecule has 164 valence electrons. The molecule has 0 fully saturated rings. The van der Waals surface area contributed by atoms with E-state index in [0.717, 1.165) is 36.3 Å². The summed E-state index contributed by atoms with van der Waals surface area (Å²) in [7, 11) is 0. The Morgan fingerprint density at radius 1 is 1.03 bits per heavy atom. The van der Waals surface area contributed by atoms with Gasteiger partial charge in [0.25, 0.3) is 0 Å². The van der Waals surface area contributed by atoms with Crippen LogP contribution in [-0.4, -0.2) is 29.8 Å². The molecule has 0 saturated carbocycles. The SMILES string of the molecule is CC(=O)Nc1cccc(CNC(=O)C2=CCN([C@H](C)c3cccc4ccccc34)CC2)c1. The minimum Gasteiger partial charge on any atom is -0.348 e. The second-order valence-electron chi connectivity index (χ2n) is 8.28. The van der Waals surface area contributed by atoms with Crippen molar-refractivity contribution in [3.8, 4) is 0 Å². The first kappa shape index (κ1) is 21.8. The van der Waals surface area contributed by atoms with Crippen molar-refractivity contribution in [2.45, 2.75) is 32.9 Å². The van der Waals surface area contributed by atoms with Gasteiger partial charge in [0.1, 0.15) is 0 Å². The zero-order valence-corrected chi connectivity index (χ0v) is 18.6. The molecular weight excluding hydrogens is 398 g/mol. The molecule has 5 nitrogen and oxygen atoms in total. The van der Waals surface area contributed by atoms with E-state index in [1.807, 2.05) is 30.3 Å². The van der Waals surface area contributed by atoms with Crippen LogP contribution in [0.3, 0.4) is 0 Å². The Bertz CT molecular complexity index is 1160. The first-order valence-electron chi connectivity index (χ1n) is 11.1.